The molecule has 0 saturated carbocycles. The molecule has 0 spiro atoms. The molecule has 0 radical (unpaired) electrons. The molecule has 1 unspecified atom stereocenters. The molecule has 0 aromatic heterocycles. The van der Waals surface area contributed by atoms with E-state index in [0.29, 0.717) is 17.8 Å². The number of nitrogens with two attached hydrogens (primary N) is 2. The first-order valence-corrected chi connectivity index (χ1v) is 4.72. The van der Waals surface area contributed by atoms with E-state index in [-0.39, 0.29) is 0 Å². The molecule has 0 fully saturated rings. The molecule has 3 nitrogen and oxygen atoms in total. The third-order valence-electron chi connectivity index (χ3n) is 2.58. The standard InChI is InChI=1S/C9H18FN3/c1-9(10)6-4-2-3-5-7(11)8(9)13-12/h13H,2-6,11-12H2,1H3/b8-7-. The zero-order valence-electron chi connectivity index (χ0n) is 8.07. The summed E-state index contributed by atoms with van der Waals surface area (Å²) in [6, 6.07) is 0. The topological polar surface area (TPSA) is 64.1 Å². The first kappa shape index (κ1) is 10.3. The molecule has 13 heavy (non-hydrogen) atoms. The van der Waals surface area contributed by atoms with Crippen LogP contribution in [-0.4, -0.2) is 5.67 Å². The van der Waals surface area contributed by atoms with Gasteiger partial charge >= 0.3 is 0 Å². The van der Waals surface area contributed by atoms with E-state index in [1.807, 2.05) is 0 Å². The molecule has 0 bridgehead atoms. The first-order chi connectivity index (χ1) is 6.08. The smallest absolute Gasteiger partial charge is 0.150 e. The van der Waals surface area contributed by atoms with Crippen molar-refractivity contribution >= 4 is 0 Å². The molecule has 0 heterocycles. The van der Waals surface area contributed by atoms with E-state index in [1.54, 1.807) is 0 Å². The van der Waals surface area contributed by atoms with E-state index in [0.717, 1.165) is 25.7 Å². The summed E-state index contributed by atoms with van der Waals surface area (Å²) in [5.74, 6) is 5.26. The van der Waals surface area contributed by atoms with Gasteiger partial charge in [-0.1, -0.05) is 6.42 Å². The predicted octanol–water partition coefficient (Wildman–Crippen LogP) is 1.31. The molecule has 1 rings (SSSR count). The monoisotopic (exact) mass is 187 g/mol. The fourth-order valence-corrected chi connectivity index (χ4v) is 1.78. The lowest BCUT2D eigenvalue weighted by Gasteiger charge is -2.27. The first-order valence-electron chi connectivity index (χ1n) is 4.72. The molecule has 1 aliphatic rings. The molecule has 4 heteroatoms. The minimum absolute atomic E-state index is 0.368. The van der Waals surface area contributed by atoms with Crippen molar-refractivity contribution in [1.29, 1.82) is 0 Å². The second-order valence-electron chi connectivity index (χ2n) is 3.80. The van der Waals surface area contributed by atoms with Gasteiger partial charge in [-0.05, 0) is 32.6 Å². The van der Waals surface area contributed by atoms with Crippen molar-refractivity contribution in [2.24, 2.45) is 11.6 Å². The largest absolute Gasteiger partial charge is 0.401 e. The van der Waals surface area contributed by atoms with Crippen molar-refractivity contribution in [3.63, 3.8) is 0 Å². The number of halogens is 1. The summed E-state index contributed by atoms with van der Waals surface area (Å²) < 4.78 is 13.9. The van der Waals surface area contributed by atoms with Gasteiger partial charge in [0.15, 0.2) is 5.67 Å². The van der Waals surface area contributed by atoms with E-state index in [9.17, 15) is 4.39 Å². The van der Waals surface area contributed by atoms with Crippen LogP contribution < -0.4 is 17.0 Å². The Bertz CT molecular complexity index is 211. The molecule has 1 atom stereocenters. The Morgan fingerprint density at radius 3 is 2.69 bits per heavy atom. The molecule has 0 aromatic carbocycles. The Kier molecular flexibility index (Phi) is 3.14. The van der Waals surface area contributed by atoms with Crippen molar-refractivity contribution in [3.8, 4) is 0 Å². The fourth-order valence-electron chi connectivity index (χ4n) is 1.78. The van der Waals surface area contributed by atoms with Crippen LogP contribution in [0.4, 0.5) is 4.39 Å². The molecule has 0 saturated heterocycles. The second-order valence-corrected chi connectivity index (χ2v) is 3.80. The van der Waals surface area contributed by atoms with E-state index >= 15 is 0 Å². The van der Waals surface area contributed by atoms with Crippen LogP contribution in [0.1, 0.15) is 39.0 Å². The lowest BCUT2D eigenvalue weighted by atomic mass is 9.91. The van der Waals surface area contributed by atoms with E-state index in [1.165, 1.54) is 6.92 Å². The highest BCUT2D eigenvalue weighted by molar-refractivity contribution is 5.19. The summed E-state index contributed by atoms with van der Waals surface area (Å²) in [5, 5.41) is 0. The van der Waals surface area contributed by atoms with Crippen LogP contribution in [0.15, 0.2) is 11.4 Å². The highest BCUT2D eigenvalue weighted by Gasteiger charge is 2.30. The molecule has 0 amide bonds. The zero-order chi connectivity index (χ0) is 9.90. The number of hydrogen-bond acceptors (Lipinski definition) is 3. The second kappa shape index (κ2) is 3.96. The SMILES string of the molecule is CC1(F)CCCCC/C(N)=C\1NN. The van der Waals surface area contributed by atoms with Gasteiger partial charge in [0.05, 0.1) is 5.70 Å². The minimum atomic E-state index is -1.39. The van der Waals surface area contributed by atoms with Crippen LogP contribution in [0.3, 0.4) is 0 Å². The molecule has 0 aliphatic heterocycles. The summed E-state index contributed by atoms with van der Waals surface area (Å²) in [6.45, 7) is 1.53. The van der Waals surface area contributed by atoms with Crippen molar-refractivity contribution in [2.75, 3.05) is 0 Å². The third-order valence-corrected chi connectivity index (χ3v) is 2.58. The summed E-state index contributed by atoms with van der Waals surface area (Å²) in [4.78, 5) is 0. The third kappa shape index (κ3) is 2.34. The zero-order valence-corrected chi connectivity index (χ0v) is 8.07. The van der Waals surface area contributed by atoms with Crippen LogP contribution >= 0.6 is 0 Å². The molecule has 0 aromatic rings. The van der Waals surface area contributed by atoms with Gasteiger partial charge in [-0.3, -0.25) is 5.84 Å². The van der Waals surface area contributed by atoms with Gasteiger partial charge in [0, 0.05) is 5.70 Å². The average molecular weight is 187 g/mol. The number of alkyl halides is 1. The Morgan fingerprint density at radius 1 is 1.38 bits per heavy atom. The Morgan fingerprint density at radius 2 is 2.08 bits per heavy atom. The lowest BCUT2D eigenvalue weighted by Crippen LogP contribution is -2.38. The van der Waals surface area contributed by atoms with Crippen molar-refractivity contribution in [2.45, 2.75) is 44.7 Å². The summed E-state index contributed by atoms with van der Waals surface area (Å²) >= 11 is 0. The molecule has 5 N–H and O–H groups in total. The normalized spacial score (nSPS) is 36.5. The number of nitrogens with one attached hydrogen (secondary N) is 1. The van der Waals surface area contributed by atoms with Gasteiger partial charge in [-0.2, -0.15) is 0 Å². The lowest BCUT2D eigenvalue weighted by molar-refractivity contribution is 0.199. The van der Waals surface area contributed by atoms with E-state index in [4.69, 9.17) is 11.6 Å². The maximum atomic E-state index is 13.9. The maximum absolute atomic E-state index is 13.9. The number of hydrogen-bond donors (Lipinski definition) is 3. The number of rotatable bonds is 1. The molecular formula is C9H18FN3. The molecular weight excluding hydrogens is 169 g/mol. The predicted molar refractivity (Wildman–Crippen MR) is 51.1 cm³/mol. The van der Waals surface area contributed by atoms with E-state index < -0.39 is 5.67 Å². The van der Waals surface area contributed by atoms with Gasteiger partial charge in [0.1, 0.15) is 0 Å². The summed E-state index contributed by atoms with van der Waals surface area (Å²) in [7, 11) is 0. The van der Waals surface area contributed by atoms with Crippen molar-refractivity contribution in [3.05, 3.63) is 11.4 Å². The van der Waals surface area contributed by atoms with Gasteiger partial charge in [-0.25, -0.2) is 4.39 Å². The minimum Gasteiger partial charge on any atom is -0.401 e. The Labute approximate surface area is 78.3 Å². The van der Waals surface area contributed by atoms with Gasteiger partial charge < -0.3 is 11.2 Å². The molecule has 1 aliphatic carbocycles. The highest BCUT2D eigenvalue weighted by atomic mass is 19.1. The highest BCUT2D eigenvalue weighted by Crippen LogP contribution is 2.30. The fraction of sp³-hybridized carbons (Fsp3) is 0.778. The summed E-state index contributed by atoms with van der Waals surface area (Å²) in [5.41, 5.74) is 7.66. The van der Waals surface area contributed by atoms with Crippen molar-refractivity contribution in [1.82, 2.24) is 5.43 Å². The number of hydrazine groups is 1. The average Bonchev–Trinajstić information content (AvgIpc) is 2.02. The maximum Gasteiger partial charge on any atom is 0.150 e. The van der Waals surface area contributed by atoms with Gasteiger partial charge in [-0.15, -0.1) is 0 Å². The van der Waals surface area contributed by atoms with Crippen LogP contribution in [0, 0.1) is 0 Å². The van der Waals surface area contributed by atoms with Crippen molar-refractivity contribution < 1.29 is 4.39 Å². The quantitative estimate of drug-likeness (QED) is 0.428. The van der Waals surface area contributed by atoms with E-state index in [2.05, 4.69) is 5.43 Å². The molecule has 76 valence electrons. The Hall–Kier alpha value is -0.770. The van der Waals surface area contributed by atoms with Crippen LogP contribution in [0.2, 0.25) is 0 Å². The van der Waals surface area contributed by atoms with Crippen LogP contribution in [0.5, 0.6) is 0 Å². The van der Waals surface area contributed by atoms with Crippen LogP contribution in [0.25, 0.3) is 0 Å². The Balaban J connectivity index is 2.91. The number of allylic oxidation sites excluding steroid dienone is 2. The van der Waals surface area contributed by atoms with Gasteiger partial charge in [0.25, 0.3) is 0 Å². The van der Waals surface area contributed by atoms with Crippen LogP contribution in [-0.2, 0) is 0 Å². The summed E-state index contributed by atoms with van der Waals surface area (Å²) in [6.07, 6.45) is 4.18. The van der Waals surface area contributed by atoms with Gasteiger partial charge in [0.2, 0.25) is 0 Å².